The molecule has 20 heavy (non-hydrogen) atoms. The van der Waals surface area contributed by atoms with Gasteiger partial charge in [-0.2, -0.15) is 5.11 Å². The monoisotopic (exact) mass is 350 g/mol. The zero-order chi connectivity index (χ0) is 14.5. The molecule has 0 aliphatic heterocycles. The average molecular weight is 351 g/mol. The second kappa shape index (κ2) is 6.90. The van der Waals surface area contributed by atoms with Gasteiger partial charge in [0.2, 0.25) is 0 Å². The van der Waals surface area contributed by atoms with Gasteiger partial charge in [0.15, 0.2) is 0 Å². The molecule has 0 amide bonds. The molecule has 2 aromatic rings. The SMILES string of the molecule is CS(=O)Cc1ccc(C(N=N)c2ccc(Br)cc2)cc1. The van der Waals surface area contributed by atoms with Crippen molar-refractivity contribution in [2.75, 3.05) is 6.26 Å². The number of nitrogens with zero attached hydrogens (tertiary/aromatic N) is 1. The first kappa shape index (κ1) is 15.1. The molecule has 0 fully saturated rings. The highest BCUT2D eigenvalue weighted by Crippen LogP contribution is 2.27. The van der Waals surface area contributed by atoms with Gasteiger partial charge >= 0.3 is 0 Å². The molecular formula is C15H15BrN2OS. The highest BCUT2D eigenvalue weighted by molar-refractivity contribution is 9.10. The summed E-state index contributed by atoms with van der Waals surface area (Å²) in [6.45, 7) is 0. The van der Waals surface area contributed by atoms with Gasteiger partial charge in [0.1, 0.15) is 6.04 Å². The van der Waals surface area contributed by atoms with E-state index in [0.717, 1.165) is 21.2 Å². The van der Waals surface area contributed by atoms with Crippen molar-refractivity contribution in [3.05, 3.63) is 69.7 Å². The number of halogens is 1. The van der Waals surface area contributed by atoms with Crippen LogP contribution in [0.25, 0.3) is 0 Å². The maximum atomic E-state index is 11.2. The Balaban J connectivity index is 2.25. The van der Waals surface area contributed by atoms with Crippen LogP contribution in [0.15, 0.2) is 58.1 Å². The molecule has 1 N–H and O–H groups in total. The van der Waals surface area contributed by atoms with Crippen molar-refractivity contribution >= 4 is 26.7 Å². The molecule has 0 saturated carbocycles. The molecule has 0 saturated heterocycles. The van der Waals surface area contributed by atoms with Crippen molar-refractivity contribution in [1.29, 1.82) is 5.53 Å². The molecule has 0 aromatic heterocycles. The maximum absolute atomic E-state index is 11.2. The van der Waals surface area contributed by atoms with E-state index in [1.54, 1.807) is 6.26 Å². The van der Waals surface area contributed by atoms with Crippen LogP contribution in [0.5, 0.6) is 0 Å². The Hall–Kier alpha value is -1.33. The molecule has 3 nitrogen and oxygen atoms in total. The number of nitrogens with one attached hydrogen (secondary N) is 1. The van der Waals surface area contributed by atoms with Crippen LogP contribution in [0.3, 0.4) is 0 Å². The number of rotatable bonds is 5. The number of hydrogen-bond acceptors (Lipinski definition) is 3. The standard InChI is InChI=1S/C15H15BrN2OS/c1-20(19)10-11-2-4-12(5-3-11)15(18-17)13-6-8-14(16)9-7-13/h2-9,15,17H,10H2,1H3. The van der Waals surface area contributed by atoms with Gasteiger partial charge in [-0.15, -0.1) is 0 Å². The second-order valence-electron chi connectivity index (χ2n) is 4.54. The fourth-order valence-electron chi connectivity index (χ4n) is 2.02. The van der Waals surface area contributed by atoms with Crippen molar-refractivity contribution < 1.29 is 4.21 Å². The first-order valence-corrected chi connectivity index (χ1v) is 8.63. The van der Waals surface area contributed by atoms with E-state index >= 15 is 0 Å². The summed E-state index contributed by atoms with van der Waals surface area (Å²) in [6, 6.07) is 15.3. The molecule has 0 heterocycles. The Labute approximate surface area is 129 Å². The van der Waals surface area contributed by atoms with E-state index in [4.69, 9.17) is 5.53 Å². The topological polar surface area (TPSA) is 53.3 Å². The molecule has 2 aromatic carbocycles. The molecule has 0 radical (unpaired) electrons. The molecule has 0 bridgehead atoms. The van der Waals surface area contributed by atoms with Gasteiger partial charge in [0.25, 0.3) is 0 Å². The summed E-state index contributed by atoms with van der Waals surface area (Å²) >= 11 is 3.40. The molecule has 2 atom stereocenters. The summed E-state index contributed by atoms with van der Waals surface area (Å²) in [6.07, 6.45) is 1.69. The lowest BCUT2D eigenvalue weighted by atomic mass is 9.99. The third-order valence-electron chi connectivity index (χ3n) is 2.98. The second-order valence-corrected chi connectivity index (χ2v) is 6.89. The Kier molecular flexibility index (Phi) is 5.20. The third-order valence-corrected chi connectivity index (χ3v) is 4.25. The lowest BCUT2D eigenvalue weighted by Crippen LogP contribution is -1.98. The molecule has 2 unspecified atom stereocenters. The van der Waals surface area contributed by atoms with Gasteiger partial charge in [-0.25, -0.2) is 5.53 Å². The smallest absolute Gasteiger partial charge is 0.121 e. The van der Waals surface area contributed by atoms with Crippen molar-refractivity contribution in [3.8, 4) is 0 Å². The molecular weight excluding hydrogens is 336 g/mol. The van der Waals surface area contributed by atoms with Gasteiger partial charge < -0.3 is 0 Å². The van der Waals surface area contributed by atoms with Gasteiger partial charge in [-0.1, -0.05) is 52.3 Å². The Morgan fingerprint density at radius 1 is 1.10 bits per heavy atom. The van der Waals surface area contributed by atoms with E-state index in [0.29, 0.717) is 5.75 Å². The lowest BCUT2D eigenvalue weighted by molar-refractivity contribution is 0.686. The summed E-state index contributed by atoms with van der Waals surface area (Å²) in [5.74, 6) is 0.557. The number of benzene rings is 2. The van der Waals surface area contributed by atoms with Crippen molar-refractivity contribution in [1.82, 2.24) is 0 Å². The van der Waals surface area contributed by atoms with E-state index in [-0.39, 0.29) is 6.04 Å². The maximum Gasteiger partial charge on any atom is 0.121 e. The summed E-state index contributed by atoms with van der Waals surface area (Å²) in [7, 11) is -0.840. The van der Waals surface area contributed by atoms with Gasteiger partial charge in [0, 0.05) is 27.3 Å². The van der Waals surface area contributed by atoms with Crippen LogP contribution < -0.4 is 0 Å². The Morgan fingerprint density at radius 3 is 2.05 bits per heavy atom. The third kappa shape index (κ3) is 3.84. The van der Waals surface area contributed by atoms with Crippen LogP contribution in [-0.4, -0.2) is 10.5 Å². The fourth-order valence-corrected chi connectivity index (χ4v) is 2.94. The van der Waals surface area contributed by atoms with Gasteiger partial charge in [-0.3, -0.25) is 4.21 Å². The molecule has 5 heteroatoms. The highest BCUT2D eigenvalue weighted by atomic mass is 79.9. The molecule has 0 aliphatic carbocycles. The number of hydrogen-bond donors (Lipinski definition) is 1. The Bertz CT molecular complexity index is 611. The van der Waals surface area contributed by atoms with E-state index in [1.165, 1.54) is 0 Å². The zero-order valence-electron chi connectivity index (χ0n) is 11.0. The summed E-state index contributed by atoms with van der Waals surface area (Å²) in [5, 5.41) is 3.72. The van der Waals surface area contributed by atoms with E-state index in [9.17, 15) is 4.21 Å². The van der Waals surface area contributed by atoms with E-state index in [2.05, 4.69) is 21.0 Å². The van der Waals surface area contributed by atoms with Crippen LogP contribution in [0.1, 0.15) is 22.7 Å². The quantitative estimate of drug-likeness (QED) is 0.795. The molecule has 0 spiro atoms. The minimum absolute atomic E-state index is 0.288. The minimum Gasteiger partial charge on any atom is -0.260 e. The van der Waals surface area contributed by atoms with Crippen LogP contribution >= 0.6 is 15.9 Å². The summed E-state index contributed by atoms with van der Waals surface area (Å²) in [4.78, 5) is 0. The fraction of sp³-hybridized carbons (Fsp3) is 0.200. The molecule has 0 aliphatic rings. The predicted molar refractivity (Wildman–Crippen MR) is 85.3 cm³/mol. The largest absolute Gasteiger partial charge is 0.260 e. The highest BCUT2D eigenvalue weighted by Gasteiger charge is 2.12. The molecule has 104 valence electrons. The van der Waals surface area contributed by atoms with Crippen LogP contribution in [0.2, 0.25) is 0 Å². The lowest BCUT2D eigenvalue weighted by Gasteiger charge is -2.12. The van der Waals surface area contributed by atoms with Crippen molar-refractivity contribution in [2.24, 2.45) is 5.11 Å². The average Bonchev–Trinajstić information content (AvgIpc) is 2.43. The van der Waals surface area contributed by atoms with Gasteiger partial charge in [0.05, 0.1) is 0 Å². The predicted octanol–water partition coefficient (Wildman–Crippen LogP) is 4.45. The van der Waals surface area contributed by atoms with Crippen molar-refractivity contribution in [3.63, 3.8) is 0 Å². The molecule has 2 rings (SSSR count). The van der Waals surface area contributed by atoms with E-state index < -0.39 is 10.8 Å². The normalized spacial score (nSPS) is 13.7. The van der Waals surface area contributed by atoms with Gasteiger partial charge in [-0.05, 0) is 28.8 Å². The first-order chi connectivity index (χ1) is 9.60. The van der Waals surface area contributed by atoms with E-state index in [1.807, 2.05) is 48.5 Å². The van der Waals surface area contributed by atoms with Crippen LogP contribution in [0, 0.1) is 5.53 Å². The first-order valence-electron chi connectivity index (χ1n) is 6.11. The summed E-state index contributed by atoms with van der Waals surface area (Å²) in [5.41, 5.74) is 10.4. The van der Waals surface area contributed by atoms with Crippen LogP contribution in [-0.2, 0) is 16.6 Å². The van der Waals surface area contributed by atoms with Crippen molar-refractivity contribution in [2.45, 2.75) is 11.8 Å². The Morgan fingerprint density at radius 2 is 1.60 bits per heavy atom. The summed E-state index contributed by atoms with van der Waals surface area (Å²) < 4.78 is 12.2. The zero-order valence-corrected chi connectivity index (χ0v) is 13.4. The van der Waals surface area contributed by atoms with Crippen LogP contribution in [0.4, 0.5) is 0 Å². The minimum atomic E-state index is -0.840.